The van der Waals surface area contributed by atoms with Gasteiger partial charge in [-0.25, -0.2) is 12.7 Å². The fourth-order valence-electron chi connectivity index (χ4n) is 2.82. The summed E-state index contributed by atoms with van der Waals surface area (Å²) >= 11 is 0. The van der Waals surface area contributed by atoms with E-state index in [1.165, 1.54) is 0 Å². The number of sulfonamides is 1. The molecule has 0 aromatic heterocycles. The monoisotopic (exact) mass is 230 g/mol. The molecule has 0 amide bonds. The maximum atomic E-state index is 12.0. The number of hydrogen-bond acceptors (Lipinski definition) is 3. The maximum absolute atomic E-state index is 12.0. The number of fused-ring (bicyclic) bond motifs is 1. The minimum absolute atomic E-state index is 0.0385. The summed E-state index contributed by atoms with van der Waals surface area (Å²) in [4.78, 5) is 0. The second-order valence-electron chi connectivity index (χ2n) is 5.00. The van der Waals surface area contributed by atoms with Gasteiger partial charge in [0.25, 0.3) is 0 Å². The zero-order valence-corrected chi connectivity index (χ0v) is 9.67. The van der Waals surface area contributed by atoms with Crippen LogP contribution in [-0.4, -0.2) is 43.6 Å². The Kier molecular flexibility index (Phi) is 2.30. The summed E-state index contributed by atoms with van der Waals surface area (Å²) < 4.78 is 25.8. The molecule has 0 aromatic carbocycles. The van der Waals surface area contributed by atoms with Gasteiger partial charge in [0.05, 0.1) is 5.25 Å². The van der Waals surface area contributed by atoms with Gasteiger partial charge in [-0.2, -0.15) is 0 Å². The van der Waals surface area contributed by atoms with Crippen LogP contribution in [0.3, 0.4) is 0 Å². The van der Waals surface area contributed by atoms with E-state index < -0.39 is 10.0 Å². The molecule has 1 aliphatic carbocycles. The van der Waals surface area contributed by atoms with Crippen molar-refractivity contribution in [1.29, 1.82) is 0 Å². The molecule has 0 spiro atoms. The average molecular weight is 230 g/mol. The number of nitrogens with one attached hydrogen (secondary N) is 1. The maximum Gasteiger partial charge on any atom is 0.216 e. The topological polar surface area (TPSA) is 49.4 Å². The fourth-order valence-corrected chi connectivity index (χ4v) is 4.73. The van der Waals surface area contributed by atoms with Gasteiger partial charge in [0.2, 0.25) is 10.0 Å². The van der Waals surface area contributed by atoms with Gasteiger partial charge in [0.1, 0.15) is 0 Å². The van der Waals surface area contributed by atoms with Crippen LogP contribution in [0.2, 0.25) is 0 Å². The molecule has 0 bridgehead atoms. The van der Waals surface area contributed by atoms with E-state index in [0.29, 0.717) is 12.0 Å². The van der Waals surface area contributed by atoms with Crippen LogP contribution < -0.4 is 5.32 Å². The third-order valence-electron chi connectivity index (χ3n) is 3.92. The Morgan fingerprint density at radius 2 is 1.93 bits per heavy atom. The summed E-state index contributed by atoms with van der Waals surface area (Å²) in [5, 5.41) is 3.42. The second kappa shape index (κ2) is 3.43. The van der Waals surface area contributed by atoms with Crippen LogP contribution in [0.1, 0.15) is 25.7 Å². The predicted molar refractivity (Wildman–Crippen MR) is 58.0 cm³/mol. The lowest BCUT2D eigenvalue weighted by Gasteiger charge is -2.34. The molecule has 2 aliphatic heterocycles. The molecule has 1 saturated carbocycles. The minimum atomic E-state index is -2.92. The highest BCUT2D eigenvalue weighted by molar-refractivity contribution is 7.90. The van der Waals surface area contributed by atoms with E-state index in [1.807, 2.05) is 0 Å². The van der Waals surface area contributed by atoms with E-state index in [2.05, 4.69) is 5.32 Å². The molecule has 5 heteroatoms. The smallest absolute Gasteiger partial charge is 0.216 e. The van der Waals surface area contributed by atoms with E-state index in [1.54, 1.807) is 4.31 Å². The molecule has 2 saturated heterocycles. The molecular formula is C10H18N2O2S. The zero-order chi connectivity index (χ0) is 10.5. The third kappa shape index (κ3) is 1.70. The molecule has 4 nitrogen and oxygen atoms in total. The van der Waals surface area contributed by atoms with E-state index in [0.717, 1.165) is 45.3 Å². The Hall–Kier alpha value is -0.130. The first-order chi connectivity index (χ1) is 7.18. The van der Waals surface area contributed by atoms with Gasteiger partial charge in [-0.05, 0) is 38.1 Å². The summed E-state index contributed by atoms with van der Waals surface area (Å²) in [6, 6.07) is 0.579. The van der Waals surface area contributed by atoms with Crippen LogP contribution in [0.15, 0.2) is 0 Å². The van der Waals surface area contributed by atoms with Crippen molar-refractivity contribution < 1.29 is 8.42 Å². The highest BCUT2D eigenvalue weighted by Crippen LogP contribution is 2.34. The summed E-state index contributed by atoms with van der Waals surface area (Å²) in [6.45, 7) is 2.55. The van der Waals surface area contributed by atoms with Crippen LogP contribution in [-0.2, 0) is 10.0 Å². The normalized spacial score (nSPS) is 37.9. The van der Waals surface area contributed by atoms with Gasteiger partial charge in [0, 0.05) is 19.1 Å². The highest BCUT2D eigenvalue weighted by atomic mass is 32.2. The van der Waals surface area contributed by atoms with Crippen molar-refractivity contribution in [2.75, 3.05) is 19.6 Å². The second-order valence-corrected chi connectivity index (χ2v) is 7.21. The van der Waals surface area contributed by atoms with Crippen molar-refractivity contribution in [3.05, 3.63) is 0 Å². The Balaban J connectivity index is 1.73. The molecule has 1 N–H and O–H groups in total. The van der Waals surface area contributed by atoms with Gasteiger partial charge >= 0.3 is 0 Å². The Morgan fingerprint density at radius 1 is 1.13 bits per heavy atom. The quantitative estimate of drug-likeness (QED) is 0.735. The molecule has 86 valence electrons. The fraction of sp³-hybridized carbons (Fsp3) is 1.00. The van der Waals surface area contributed by atoms with E-state index in [4.69, 9.17) is 0 Å². The first-order valence-electron chi connectivity index (χ1n) is 5.90. The van der Waals surface area contributed by atoms with Gasteiger partial charge in [0.15, 0.2) is 0 Å². The molecule has 15 heavy (non-hydrogen) atoms. The Morgan fingerprint density at radius 3 is 2.67 bits per heavy atom. The Labute approximate surface area is 91.1 Å². The molecule has 3 aliphatic rings. The van der Waals surface area contributed by atoms with Gasteiger partial charge in [-0.1, -0.05) is 0 Å². The molecule has 2 heterocycles. The van der Waals surface area contributed by atoms with Crippen molar-refractivity contribution in [2.24, 2.45) is 5.92 Å². The minimum Gasteiger partial charge on any atom is -0.314 e. The number of piperidine rings is 1. The van der Waals surface area contributed by atoms with Gasteiger partial charge < -0.3 is 5.32 Å². The summed E-state index contributed by atoms with van der Waals surface area (Å²) in [5.41, 5.74) is 0. The largest absolute Gasteiger partial charge is 0.314 e. The average Bonchev–Trinajstić information content (AvgIpc) is 2.97. The van der Waals surface area contributed by atoms with Crippen molar-refractivity contribution >= 4 is 10.0 Å². The van der Waals surface area contributed by atoms with Crippen LogP contribution in [0.4, 0.5) is 0 Å². The lowest BCUT2D eigenvalue weighted by Crippen LogP contribution is -2.47. The molecular weight excluding hydrogens is 212 g/mol. The number of nitrogens with zero attached hydrogens (tertiary/aromatic N) is 1. The van der Waals surface area contributed by atoms with E-state index >= 15 is 0 Å². The summed E-state index contributed by atoms with van der Waals surface area (Å²) in [7, 11) is -2.92. The number of rotatable bonds is 2. The van der Waals surface area contributed by atoms with Gasteiger partial charge in [-0.15, -0.1) is 0 Å². The molecule has 3 fully saturated rings. The molecule has 2 unspecified atom stereocenters. The third-order valence-corrected chi connectivity index (χ3v) is 6.29. The highest BCUT2D eigenvalue weighted by Gasteiger charge is 2.44. The van der Waals surface area contributed by atoms with E-state index in [9.17, 15) is 8.42 Å². The predicted octanol–water partition coefficient (Wildman–Crippen LogP) is 0.162. The van der Waals surface area contributed by atoms with Gasteiger partial charge in [-0.3, -0.25) is 0 Å². The van der Waals surface area contributed by atoms with Crippen molar-refractivity contribution in [3.63, 3.8) is 0 Å². The van der Waals surface area contributed by atoms with Crippen LogP contribution in [0.5, 0.6) is 0 Å². The molecule has 2 atom stereocenters. The zero-order valence-electron chi connectivity index (χ0n) is 8.85. The first kappa shape index (κ1) is 10.1. The van der Waals surface area contributed by atoms with Crippen LogP contribution in [0.25, 0.3) is 0 Å². The number of hydrogen-bond donors (Lipinski definition) is 1. The van der Waals surface area contributed by atoms with Crippen molar-refractivity contribution in [1.82, 2.24) is 9.62 Å². The molecule has 3 rings (SSSR count). The first-order valence-corrected chi connectivity index (χ1v) is 7.40. The lowest BCUT2D eigenvalue weighted by molar-refractivity contribution is 0.247. The summed E-state index contributed by atoms with van der Waals surface area (Å²) in [5.74, 6) is 0.562. The summed E-state index contributed by atoms with van der Waals surface area (Å²) in [6.07, 6.45) is 3.90. The molecule has 0 aromatic rings. The standard InChI is InChI=1S/C10H18N2O2S/c13-15(14,9-1-2-9)12-6-4-10-8(7-12)3-5-11-10/h8-11H,1-7H2. The lowest BCUT2D eigenvalue weighted by atomic mass is 9.95. The van der Waals surface area contributed by atoms with Crippen LogP contribution >= 0.6 is 0 Å². The molecule has 0 radical (unpaired) electrons. The van der Waals surface area contributed by atoms with Crippen LogP contribution in [0, 0.1) is 5.92 Å². The SMILES string of the molecule is O=S(=O)(C1CC1)N1CCC2NCCC2C1. The van der Waals surface area contributed by atoms with Crippen molar-refractivity contribution in [3.8, 4) is 0 Å². The Bertz CT molecular complexity index is 350. The van der Waals surface area contributed by atoms with E-state index in [-0.39, 0.29) is 5.25 Å². The van der Waals surface area contributed by atoms with Crippen molar-refractivity contribution in [2.45, 2.75) is 37.0 Å².